The number of esters is 1. The summed E-state index contributed by atoms with van der Waals surface area (Å²) in [6, 6.07) is 6.90. The lowest BCUT2D eigenvalue weighted by Gasteiger charge is -2.22. The largest absolute Gasteiger partial charge is 0.465 e. The van der Waals surface area contributed by atoms with Crippen molar-refractivity contribution in [2.45, 2.75) is 12.5 Å². The van der Waals surface area contributed by atoms with Crippen LogP contribution in [0, 0.1) is 0 Å². The summed E-state index contributed by atoms with van der Waals surface area (Å²) in [6.07, 6.45) is 0.709. The number of morpholine rings is 1. The number of carbonyl (C=O) groups is 2. The minimum atomic E-state index is -0.349. The van der Waals surface area contributed by atoms with E-state index in [0.717, 1.165) is 5.56 Å². The third-order valence-electron chi connectivity index (χ3n) is 3.33. The third kappa shape index (κ3) is 4.54. The Bertz CT molecular complexity index is 481. The van der Waals surface area contributed by atoms with Crippen LogP contribution in [0.1, 0.15) is 15.9 Å². The van der Waals surface area contributed by atoms with Crippen molar-refractivity contribution in [3.8, 4) is 0 Å². The van der Waals surface area contributed by atoms with Crippen LogP contribution in [0.25, 0.3) is 0 Å². The summed E-state index contributed by atoms with van der Waals surface area (Å²) in [6.45, 7) is 2.32. The van der Waals surface area contributed by atoms with Crippen LogP contribution in [0.2, 0.25) is 0 Å². The minimum absolute atomic E-state index is 0.0409. The van der Waals surface area contributed by atoms with Crippen molar-refractivity contribution < 1.29 is 19.1 Å². The van der Waals surface area contributed by atoms with Gasteiger partial charge in [0.15, 0.2) is 0 Å². The van der Waals surface area contributed by atoms with E-state index in [1.165, 1.54) is 7.11 Å². The number of benzene rings is 1. The van der Waals surface area contributed by atoms with Crippen LogP contribution < -0.4 is 10.6 Å². The number of carbonyl (C=O) groups excluding carboxylic acids is 2. The Kier molecular flexibility index (Phi) is 5.71. The lowest BCUT2D eigenvalue weighted by Crippen LogP contribution is -2.51. The van der Waals surface area contributed by atoms with Gasteiger partial charge < -0.3 is 20.1 Å². The molecule has 1 aromatic carbocycles. The standard InChI is InChI=1S/C15H20N2O4/c1-20-15(19)12-4-2-11(3-5-12)6-7-17-14(18)13-10-21-9-8-16-13/h2-5,13,16H,6-10H2,1H3,(H,17,18). The predicted octanol–water partition coefficient (Wildman–Crippen LogP) is 0.120. The molecular weight excluding hydrogens is 272 g/mol. The fourth-order valence-corrected chi connectivity index (χ4v) is 2.11. The lowest BCUT2D eigenvalue weighted by atomic mass is 10.1. The van der Waals surface area contributed by atoms with Crippen molar-refractivity contribution in [3.05, 3.63) is 35.4 Å². The SMILES string of the molecule is COC(=O)c1ccc(CCNC(=O)C2COCCN2)cc1. The van der Waals surface area contributed by atoms with Crippen LogP contribution in [-0.2, 0) is 20.7 Å². The fraction of sp³-hybridized carbons (Fsp3) is 0.467. The summed E-state index contributed by atoms with van der Waals surface area (Å²) >= 11 is 0. The highest BCUT2D eigenvalue weighted by atomic mass is 16.5. The normalized spacial score (nSPS) is 18.0. The van der Waals surface area contributed by atoms with Crippen molar-refractivity contribution in [1.29, 1.82) is 0 Å². The average molecular weight is 292 g/mol. The van der Waals surface area contributed by atoms with Gasteiger partial charge in [0.05, 0.1) is 25.9 Å². The highest BCUT2D eigenvalue weighted by molar-refractivity contribution is 5.89. The number of methoxy groups -OCH3 is 1. The van der Waals surface area contributed by atoms with E-state index in [2.05, 4.69) is 15.4 Å². The predicted molar refractivity (Wildman–Crippen MR) is 77.1 cm³/mol. The zero-order chi connectivity index (χ0) is 15.1. The van der Waals surface area contributed by atoms with Crippen LogP contribution in [0.5, 0.6) is 0 Å². The van der Waals surface area contributed by atoms with Gasteiger partial charge in [0, 0.05) is 13.1 Å². The first-order valence-electron chi connectivity index (χ1n) is 6.97. The maximum absolute atomic E-state index is 11.9. The topological polar surface area (TPSA) is 76.7 Å². The van der Waals surface area contributed by atoms with E-state index in [9.17, 15) is 9.59 Å². The van der Waals surface area contributed by atoms with E-state index in [1.807, 2.05) is 12.1 Å². The van der Waals surface area contributed by atoms with E-state index in [1.54, 1.807) is 12.1 Å². The van der Waals surface area contributed by atoms with Gasteiger partial charge in [0.2, 0.25) is 5.91 Å². The Morgan fingerprint density at radius 3 is 2.76 bits per heavy atom. The van der Waals surface area contributed by atoms with Crippen LogP contribution in [-0.4, -0.2) is 51.3 Å². The Labute approximate surface area is 123 Å². The smallest absolute Gasteiger partial charge is 0.337 e. The summed E-state index contributed by atoms with van der Waals surface area (Å²) in [7, 11) is 1.36. The number of ether oxygens (including phenoxy) is 2. The summed E-state index contributed by atoms with van der Waals surface area (Å²) in [4.78, 5) is 23.2. The fourth-order valence-electron chi connectivity index (χ4n) is 2.11. The molecule has 0 spiro atoms. The molecule has 1 amide bonds. The van der Waals surface area contributed by atoms with Crippen molar-refractivity contribution in [1.82, 2.24) is 10.6 Å². The van der Waals surface area contributed by atoms with Crippen LogP contribution in [0.3, 0.4) is 0 Å². The number of nitrogens with one attached hydrogen (secondary N) is 2. The molecule has 1 atom stereocenters. The number of rotatable bonds is 5. The van der Waals surface area contributed by atoms with Gasteiger partial charge in [-0.15, -0.1) is 0 Å². The molecule has 6 nitrogen and oxygen atoms in total. The molecule has 0 saturated carbocycles. The highest BCUT2D eigenvalue weighted by Gasteiger charge is 2.20. The lowest BCUT2D eigenvalue weighted by molar-refractivity contribution is -0.125. The molecule has 1 aliphatic heterocycles. The second-order valence-corrected chi connectivity index (χ2v) is 4.81. The highest BCUT2D eigenvalue weighted by Crippen LogP contribution is 2.06. The first-order chi connectivity index (χ1) is 10.2. The molecule has 0 aromatic heterocycles. The Morgan fingerprint density at radius 1 is 1.38 bits per heavy atom. The molecule has 2 rings (SSSR count). The van der Waals surface area contributed by atoms with Crippen LogP contribution >= 0.6 is 0 Å². The number of amides is 1. The zero-order valence-electron chi connectivity index (χ0n) is 12.1. The van der Waals surface area contributed by atoms with E-state index in [-0.39, 0.29) is 17.9 Å². The molecule has 6 heteroatoms. The quantitative estimate of drug-likeness (QED) is 0.754. The molecule has 1 fully saturated rings. The second-order valence-electron chi connectivity index (χ2n) is 4.81. The van der Waals surface area contributed by atoms with Crippen molar-refractivity contribution in [2.75, 3.05) is 33.4 Å². The molecule has 0 radical (unpaired) electrons. The number of hydrogen-bond donors (Lipinski definition) is 2. The van der Waals surface area contributed by atoms with Gasteiger partial charge in [-0.3, -0.25) is 4.79 Å². The van der Waals surface area contributed by atoms with Gasteiger partial charge in [-0.2, -0.15) is 0 Å². The molecule has 1 saturated heterocycles. The van der Waals surface area contributed by atoms with Gasteiger partial charge in [-0.25, -0.2) is 4.79 Å². The third-order valence-corrected chi connectivity index (χ3v) is 3.33. The van der Waals surface area contributed by atoms with Crippen LogP contribution in [0.4, 0.5) is 0 Å². The maximum Gasteiger partial charge on any atom is 0.337 e. The summed E-state index contributed by atoms with van der Waals surface area (Å²) in [5.74, 6) is -0.390. The van der Waals surface area contributed by atoms with Crippen LogP contribution in [0.15, 0.2) is 24.3 Å². The Hall–Kier alpha value is -1.92. The van der Waals surface area contributed by atoms with Gasteiger partial charge in [0.25, 0.3) is 0 Å². The Balaban J connectivity index is 1.75. The molecule has 21 heavy (non-hydrogen) atoms. The van der Waals surface area contributed by atoms with Gasteiger partial charge in [-0.05, 0) is 24.1 Å². The molecule has 1 unspecified atom stereocenters. The summed E-state index contributed by atoms with van der Waals surface area (Å²) in [5, 5.41) is 5.98. The molecule has 0 bridgehead atoms. The van der Waals surface area contributed by atoms with E-state index < -0.39 is 0 Å². The summed E-state index contributed by atoms with van der Waals surface area (Å²) in [5.41, 5.74) is 1.57. The van der Waals surface area contributed by atoms with Crippen molar-refractivity contribution in [2.24, 2.45) is 0 Å². The van der Waals surface area contributed by atoms with Gasteiger partial charge in [0.1, 0.15) is 6.04 Å². The first kappa shape index (κ1) is 15.5. The molecule has 1 aromatic rings. The van der Waals surface area contributed by atoms with E-state index in [4.69, 9.17) is 4.74 Å². The molecule has 1 aliphatic rings. The van der Waals surface area contributed by atoms with E-state index >= 15 is 0 Å². The molecule has 114 valence electrons. The summed E-state index contributed by atoms with van der Waals surface area (Å²) < 4.78 is 9.89. The second kappa shape index (κ2) is 7.75. The average Bonchev–Trinajstić information content (AvgIpc) is 2.55. The number of hydrogen-bond acceptors (Lipinski definition) is 5. The Morgan fingerprint density at radius 2 is 2.14 bits per heavy atom. The first-order valence-corrected chi connectivity index (χ1v) is 6.97. The monoisotopic (exact) mass is 292 g/mol. The zero-order valence-corrected chi connectivity index (χ0v) is 12.1. The van der Waals surface area contributed by atoms with Gasteiger partial charge in [-0.1, -0.05) is 12.1 Å². The van der Waals surface area contributed by atoms with E-state index in [0.29, 0.717) is 38.3 Å². The molecular formula is C15H20N2O4. The van der Waals surface area contributed by atoms with Crippen molar-refractivity contribution >= 4 is 11.9 Å². The molecule has 2 N–H and O–H groups in total. The van der Waals surface area contributed by atoms with Gasteiger partial charge >= 0.3 is 5.97 Å². The minimum Gasteiger partial charge on any atom is -0.465 e. The molecule has 1 heterocycles. The van der Waals surface area contributed by atoms with Crippen molar-refractivity contribution in [3.63, 3.8) is 0 Å². The maximum atomic E-state index is 11.9. The molecule has 0 aliphatic carbocycles.